The van der Waals surface area contributed by atoms with Crippen molar-refractivity contribution in [1.29, 1.82) is 0 Å². The van der Waals surface area contributed by atoms with E-state index in [4.69, 9.17) is 35.3 Å². The van der Waals surface area contributed by atoms with Crippen LogP contribution in [0.4, 0.5) is 10.5 Å². The summed E-state index contributed by atoms with van der Waals surface area (Å²) in [7, 11) is 5.98. The van der Waals surface area contributed by atoms with Crippen LogP contribution in [0.15, 0.2) is 35.9 Å². The summed E-state index contributed by atoms with van der Waals surface area (Å²) < 4.78 is 29.0. The van der Waals surface area contributed by atoms with Crippen LogP contribution in [0.3, 0.4) is 0 Å². The first-order valence-corrected chi connectivity index (χ1v) is 17.5. The molecule has 13 nitrogen and oxygen atoms in total. The Morgan fingerprint density at radius 2 is 1.98 bits per heavy atom. The van der Waals surface area contributed by atoms with Gasteiger partial charge in [0.1, 0.15) is 40.7 Å². The van der Waals surface area contributed by atoms with E-state index in [1.54, 1.807) is 45.2 Å². The highest BCUT2D eigenvalue weighted by Crippen LogP contribution is 2.49. The number of hydrogen-bond donors (Lipinski definition) is 3. The number of aliphatic hydroxyl groups is 1. The van der Waals surface area contributed by atoms with Crippen LogP contribution in [0.1, 0.15) is 52.5 Å². The fraction of sp³-hybridized carbons (Fsp3) is 0.600. The molecule has 0 spiro atoms. The van der Waals surface area contributed by atoms with Crippen LogP contribution >= 0.6 is 24.2 Å². The van der Waals surface area contributed by atoms with Crippen molar-refractivity contribution in [3.8, 4) is 5.75 Å². The highest BCUT2D eigenvalue weighted by Gasteiger charge is 2.64. The summed E-state index contributed by atoms with van der Waals surface area (Å²) in [6.45, 7) is 6.96. The van der Waals surface area contributed by atoms with Gasteiger partial charge in [0, 0.05) is 40.0 Å². The van der Waals surface area contributed by atoms with Gasteiger partial charge in [0.05, 0.1) is 25.3 Å². The van der Waals surface area contributed by atoms with E-state index in [9.17, 15) is 24.3 Å². The standard InChI is InChI=1S/C35H48ClN3O10S/c1-19-10-9-11-26(46-8)35(44)18-25(47-33(43)37-35)20(2)31-34(4,49-31)27(48-32(42)21(3)38(5)28(40)12-13-50)17-29(41)39(6)23-15-22(14-19)16-24(45-7)30(23)36/h9-11,15-16,20-21,25-27,31,44,50H,12-14,17-18H2,1-8H3,(H,37,43)/b11-9+,19-10+/t20?,21?,25?,26-,27?,31?,34+,35+/m1/s1. The number of amides is 3. The number of hydrogen-bond acceptors (Lipinski definition) is 11. The lowest BCUT2D eigenvalue weighted by Gasteiger charge is -2.42. The average molecular weight is 738 g/mol. The Morgan fingerprint density at radius 1 is 1.28 bits per heavy atom. The van der Waals surface area contributed by atoms with Gasteiger partial charge in [-0.1, -0.05) is 42.3 Å². The van der Waals surface area contributed by atoms with E-state index in [0.29, 0.717) is 23.6 Å². The first-order valence-electron chi connectivity index (χ1n) is 16.4. The van der Waals surface area contributed by atoms with Gasteiger partial charge >= 0.3 is 12.1 Å². The highest BCUT2D eigenvalue weighted by molar-refractivity contribution is 7.80. The molecule has 3 heterocycles. The summed E-state index contributed by atoms with van der Waals surface area (Å²) in [5.41, 5.74) is -0.903. The molecule has 2 N–H and O–H groups in total. The fourth-order valence-electron chi connectivity index (χ4n) is 6.49. The number of carbonyl (C=O) groups is 4. The van der Waals surface area contributed by atoms with E-state index in [1.807, 2.05) is 13.0 Å². The molecule has 2 fully saturated rings. The maximum absolute atomic E-state index is 14.0. The number of methoxy groups -OCH3 is 2. The minimum absolute atomic E-state index is 0.0489. The Morgan fingerprint density at radius 3 is 2.62 bits per heavy atom. The number of halogens is 1. The SMILES string of the molecule is COc1cc2cc(c1Cl)N(C)C(=O)CC(OC(=O)C(C)N(C)C(=O)CCS)[C@]1(C)OC1C(C)C1C[C@@](O)(NC(=O)O1)[C@H](OC)/C=C/C=C(\C)C2. The number of nitrogens with zero attached hydrogens (tertiary/aromatic N) is 2. The molecular weight excluding hydrogens is 690 g/mol. The molecule has 1 aromatic carbocycles. The Kier molecular flexibility index (Phi) is 12.6. The molecule has 276 valence electrons. The van der Waals surface area contributed by atoms with Crippen molar-refractivity contribution in [3.05, 3.63) is 46.5 Å². The Hall–Kier alpha value is -3.30. The molecule has 5 unspecified atom stereocenters. The summed E-state index contributed by atoms with van der Waals surface area (Å²) in [4.78, 5) is 55.6. The van der Waals surface area contributed by atoms with Gasteiger partial charge in [-0.05, 0) is 50.6 Å². The van der Waals surface area contributed by atoms with Gasteiger partial charge in [-0.15, -0.1) is 0 Å². The monoisotopic (exact) mass is 737 g/mol. The van der Waals surface area contributed by atoms with Gasteiger partial charge in [-0.3, -0.25) is 14.9 Å². The van der Waals surface area contributed by atoms with Crippen molar-refractivity contribution in [2.75, 3.05) is 39.0 Å². The van der Waals surface area contributed by atoms with E-state index >= 15 is 0 Å². The molecule has 3 aliphatic heterocycles. The van der Waals surface area contributed by atoms with Gasteiger partial charge in [-0.25, -0.2) is 9.59 Å². The molecule has 50 heavy (non-hydrogen) atoms. The van der Waals surface area contributed by atoms with Crippen molar-refractivity contribution in [2.45, 2.75) is 95.2 Å². The summed E-state index contributed by atoms with van der Waals surface area (Å²) in [6.07, 6.45) is 1.08. The predicted molar refractivity (Wildman–Crippen MR) is 189 cm³/mol. The molecule has 0 saturated carbocycles. The molecule has 3 aliphatic rings. The molecule has 1 aromatic rings. The van der Waals surface area contributed by atoms with E-state index in [2.05, 4.69) is 17.9 Å². The predicted octanol–water partition coefficient (Wildman–Crippen LogP) is 3.83. The number of ether oxygens (including phenoxy) is 5. The second kappa shape index (κ2) is 15.9. The molecule has 4 bridgehead atoms. The van der Waals surface area contributed by atoms with Crippen LogP contribution in [0.2, 0.25) is 5.02 Å². The number of alkyl carbamates (subject to hydrolysis) is 1. The van der Waals surface area contributed by atoms with Crippen molar-refractivity contribution in [3.63, 3.8) is 0 Å². The van der Waals surface area contributed by atoms with Crippen LogP contribution in [-0.2, 0) is 39.8 Å². The van der Waals surface area contributed by atoms with E-state index in [-0.39, 0.29) is 30.2 Å². The Labute approximate surface area is 303 Å². The zero-order valence-electron chi connectivity index (χ0n) is 29.7. The van der Waals surface area contributed by atoms with Crippen LogP contribution in [0.5, 0.6) is 5.75 Å². The summed E-state index contributed by atoms with van der Waals surface area (Å²) >= 11 is 10.8. The van der Waals surface area contributed by atoms with Gasteiger partial charge in [0.25, 0.3) is 0 Å². The van der Waals surface area contributed by atoms with Crippen LogP contribution in [0.25, 0.3) is 0 Å². The number of rotatable bonds is 7. The number of fused-ring (bicyclic) bond motifs is 5. The highest BCUT2D eigenvalue weighted by atomic mass is 35.5. The second-order valence-electron chi connectivity index (χ2n) is 13.4. The molecule has 3 amide bonds. The average Bonchev–Trinajstić information content (AvgIpc) is 3.76. The topological polar surface area (TPSA) is 156 Å². The molecular formula is C35H48ClN3O10S. The van der Waals surface area contributed by atoms with Crippen molar-refractivity contribution in [1.82, 2.24) is 10.2 Å². The molecule has 0 radical (unpaired) electrons. The molecule has 0 aliphatic carbocycles. The first-order chi connectivity index (χ1) is 23.5. The summed E-state index contributed by atoms with van der Waals surface area (Å²) in [6, 6.07) is 2.60. The maximum atomic E-state index is 14.0. The summed E-state index contributed by atoms with van der Waals surface area (Å²) in [5, 5.41) is 14.4. The Balaban J connectivity index is 1.78. The molecule has 4 rings (SSSR count). The zero-order chi connectivity index (χ0) is 37.1. The number of anilines is 1. The minimum Gasteiger partial charge on any atom is -0.495 e. The lowest BCUT2D eigenvalue weighted by atomic mass is 9.83. The van der Waals surface area contributed by atoms with E-state index in [1.165, 1.54) is 38.0 Å². The van der Waals surface area contributed by atoms with Crippen LogP contribution in [0, 0.1) is 5.92 Å². The van der Waals surface area contributed by atoms with Gasteiger partial charge in [-0.2, -0.15) is 12.6 Å². The minimum atomic E-state index is -1.82. The number of epoxide rings is 1. The first kappa shape index (κ1) is 39.5. The second-order valence-corrected chi connectivity index (χ2v) is 14.2. The van der Waals surface area contributed by atoms with Gasteiger partial charge < -0.3 is 38.6 Å². The fourth-order valence-corrected chi connectivity index (χ4v) is 6.99. The largest absolute Gasteiger partial charge is 0.495 e. The van der Waals surface area contributed by atoms with Crippen molar-refractivity contribution < 1.29 is 48.0 Å². The third-order valence-electron chi connectivity index (χ3n) is 9.85. The zero-order valence-corrected chi connectivity index (χ0v) is 31.4. The van der Waals surface area contributed by atoms with E-state index < -0.39 is 65.7 Å². The normalized spacial score (nSPS) is 32.3. The molecule has 15 heteroatoms. The van der Waals surface area contributed by atoms with E-state index in [0.717, 1.165) is 11.1 Å². The van der Waals surface area contributed by atoms with Crippen molar-refractivity contribution >= 4 is 53.8 Å². The quantitative estimate of drug-likeness (QED) is 0.214. The number of nitrogens with one attached hydrogen (secondary N) is 1. The molecule has 2 saturated heterocycles. The number of carbonyl (C=O) groups excluding carboxylic acids is 4. The maximum Gasteiger partial charge on any atom is 0.409 e. The summed E-state index contributed by atoms with van der Waals surface area (Å²) in [5.74, 6) is -1.30. The third kappa shape index (κ3) is 8.42. The third-order valence-corrected chi connectivity index (χ3v) is 10.5. The van der Waals surface area contributed by atoms with Gasteiger partial charge in [0.15, 0.2) is 5.72 Å². The van der Waals surface area contributed by atoms with Crippen LogP contribution in [-0.4, -0.2) is 110 Å². The van der Waals surface area contributed by atoms with Crippen molar-refractivity contribution in [2.24, 2.45) is 5.92 Å². The lowest BCUT2D eigenvalue weighted by molar-refractivity contribution is -0.161. The smallest absolute Gasteiger partial charge is 0.409 e. The number of thiol groups is 1. The molecule has 8 atom stereocenters. The number of benzene rings is 1. The lowest BCUT2D eigenvalue weighted by Crippen LogP contribution is -2.63. The number of likely N-dealkylation sites (N-methyl/N-ethyl adjacent to an activating group) is 1. The number of esters is 1. The number of allylic oxidation sites excluding steroid dienone is 3. The Bertz CT molecular complexity index is 1540. The van der Waals surface area contributed by atoms with Crippen LogP contribution < -0.4 is 15.0 Å². The van der Waals surface area contributed by atoms with Gasteiger partial charge in [0.2, 0.25) is 11.8 Å². The molecule has 0 aromatic heterocycles.